The third kappa shape index (κ3) is 5.65. The van der Waals surface area contributed by atoms with Crippen LogP contribution in [0.25, 0.3) is 21.9 Å². The zero-order valence-corrected chi connectivity index (χ0v) is 20.2. The molecule has 4 N–H and O–H groups in total. The molecule has 7 heteroatoms. The lowest BCUT2D eigenvalue weighted by Crippen LogP contribution is -2.41. The lowest BCUT2D eigenvalue weighted by Gasteiger charge is -2.28. The quantitative estimate of drug-likeness (QED) is 0.271. The van der Waals surface area contributed by atoms with E-state index in [0.29, 0.717) is 24.2 Å². The number of hydrogen-bond donors (Lipinski definition) is 3. The summed E-state index contributed by atoms with van der Waals surface area (Å²) in [6.07, 6.45) is 2.76. The summed E-state index contributed by atoms with van der Waals surface area (Å²) in [5, 5.41) is 8.46. The van der Waals surface area contributed by atoms with Gasteiger partial charge >= 0.3 is 0 Å². The highest BCUT2D eigenvalue weighted by molar-refractivity contribution is 6.26. The summed E-state index contributed by atoms with van der Waals surface area (Å²) in [6, 6.07) is 19.7. The summed E-state index contributed by atoms with van der Waals surface area (Å²) in [6.45, 7) is 4.71. The van der Waals surface area contributed by atoms with Gasteiger partial charge in [0, 0.05) is 23.1 Å². The number of nitrogens with one attached hydrogen (secondary N) is 2. The minimum absolute atomic E-state index is 0. The molecular weight excluding hydrogens is 448 g/mol. The molecule has 6 nitrogen and oxygen atoms in total. The van der Waals surface area contributed by atoms with Gasteiger partial charge in [-0.05, 0) is 80.6 Å². The van der Waals surface area contributed by atoms with E-state index in [2.05, 4.69) is 10.6 Å². The molecule has 0 aromatic heterocycles. The van der Waals surface area contributed by atoms with Gasteiger partial charge in [-0.3, -0.25) is 14.5 Å². The average Bonchev–Trinajstić information content (AvgIpc) is 2.85. The fraction of sp³-hybridized carbons (Fsp3) is 0.333. The van der Waals surface area contributed by atoms with E-state index in [9.17, 15) is 9.59 Å². The minimum atomic E-state index is -0.201. The molecule has 0 saturated heterocycles. The molecule has 4 rings (SSSR count). The van der Waals surface area contributed by atoms with Crippen LogP contribution in [0.15, 0.2) is 60.7 Å². The SMILES string of the molecule is Cl.NCCCNCCCNCCCN1C(=O)c2cccc3c(-c4ccccc4)ccc(c23)C1=O. The first-order valence-corrected chi connectivity index (χ1v) is 11.8. The van der Waals surface area contributed by atoms with Crippen molar-refractivity contribution < 1.29 is 9.59 Å². The van der Waals surface area contributed by atoms with E-state index in [1.165, 1.54) is 4.90 Å². The second kappa shape index (κ2) is 12.6. The number of imide groups is 1. The number of benzene rings is 3. The molecule has 0 aliphatic carbocycles. The highest BCUT2D eigenvalue weighted by atomic mass is 35.5. The molecule has 1 aliphatic heterocycles. The van der Waals surface area contributed by atoms with Crippen molar-refractivity contribution in [3.05, 3.63) is 71.8 Å². The van der Waals surface area contributed by atoms with Gasteiger partial charge in [-0.25, -0.2) is 0 Å². The Hall–Kier alpha value is -2.77. The van der Waals surface area contributed by atoms with Crippen molar-refractivity contribution in [2.24, 2.45) is 5.73 Å². The van der Waals surface area contributed by atoms with E-state index in [4.69, 9.17) is 5.73 Å². The van der Waals surface area contributed by atoms with Gasteiger partial charge < -0.3 is 16.4 Å². The normalized spacial score (nSPS) is 12.8. The van der Waals surface area contributed by atoms with Crippen LogP contribution in [0.4, 0.5) is 0 Å². The molecule has 0 bridgehead atoms. The van der Waals surface area contributed by atoms with Crippen molar-refractivity contribution in [3.8, 4) is 11.1 Å². The summed E-state index contributed by atoms with van der Waals surface area (Å²) >= 11 is 0. The summed E-state index contributed by atoms with van der Waals surface area (Å²) in [7, 11) is 0. The molecule has 1 aliphatic rings. The molecule has 0 fully saturated rings. The second-order valence-electron chi connectivity index (χ2n) is 8.37. The largest absolute Gasteiger partial charge is 0.330 e. The summed E-state index contributed by atoms with van der Waals surface area (Å²) in [4.78, 5) is 27.8. The number of carbonyl (C=O) groups excluding carboxylic acids is 2. The van der Waals surface area contributed by atoms with Gasteiger partial charge in [0.1, 0.15) is 0 Å². The molecule has 0 radical (unpaired) electrons. The Kier molecular flexibility index (Phi) is 9.60. The molecule has 34 heavy (non-hydrogen) atoms. The smallest absolute Gasteiger partial charge is 0.261 e. The Morgan fingerprint density at radius 1 is 0.676 bits per heavy atom. The van der Waals surface area contributed by atoms with E-state index in [-0.39, 0.29) is 24.2 Å². The maximum Gasteiger partial charge on any atom is 0.261 e. The standard InChI is InChI=1S/C27H32N4O2.ClH/c28-14-5-15-29-16-6-17-30-18-7-19-31-26(32)23-11-4-10-22-21(20-8-2-1-3-9-20)12-13-24(25(22)23)27(31)33;/h1-4,8-13,29-30H,5-7,14-19,28H2;1H. The molecule has 0 spiro atoms. The summed E-state index contributed by atoms with van der Waals surface area (Å²) < 4.78 is 0. The number of amides is 2. The number of nitrogens with zero attached hydrogens (tertiary/aromatic N) is 1. The van der Waals surface area contributed by atoms with Crippen LogP contribution < -0.4 is 16.4 Å². The maximum absolute atomic E-state index is 13.2. The van der Waals surface area contributed by atoms with Crippen LogP contribution in [-0.4, -0.2) is 56.0 Å². The molecule has 0 saturated carbocycles. The zero-order valence-electron chi connectivity index (χ0n) is 19.4. The van der Waals surface area contributed by atoms with Gasteiger partial charge in [0.05, 0.1) is 0 Å². The van der Waals surface area contributed by atoms with Crippen molar-refractivity contribution in [1.82, 2.24) is 15.5 Å². The Morgan fingerprint density at radius 3 is 2.00 bits per heavy atom. The monoisotopic (exact) mass is 480 g/mol. The molecule has 0 unspecified atom stereocenters. The van der Waals surface area contributed by atoms with E-state index < -0.39 is 0 Å². The second-order valence-corrected chi connectivity index (χ2v) is 8.37. The molecule has 1 heterocycles. The molecular formula is C27H33ClN4O2. The molecule has 3 aromatic carbocycles. The number of halogens is 1. The third-order valence-corrected chi connectivity index (χ3v) is 6.08. The van der Waals surface area contributed by atoms with Gasteiger partial charge in [-0.2, -0.15) is 0 Å². The maximum atomic E-state index is 13.2. The molecule has 0 atom stereocenters. The summed E-state index contributed by atoms with van der Waals surface area (Å²) in [5.74, 6) is -0.403. The first kappa shape index (κ1) is 25.8. The predicted octanol–water partition coefficient (Wildman–Crippen LogP) is 3.83. The van der Waals surface area contributed by atoms with Crippen LogP contribution in [0.1, 0.15) is 40.0 Å². The molecule has 3 aromatic rings. The van der Waals surface area contributed by atoms with Crippen LogP contribution in [0.3, 0.4) is 0 Å². The fourth-order valence-corrected chi connectivity index (χ4v) is 4.40. The van der Waals surface area contributed by atoms with Crippen molar-refractivity contribution in [2.75, 3.05) is 39.3 Å². The van der Waals surface area contributed by atoms with Crippen LogP contribution in [0.2, 0.25) is 0 Å². The Balaban J connectivity index is 0.00000324. The lowest BCUT2D eigenvalue weighted by molar-refractivity contribution is 0.0609. The van der Waals surface area contributed by atoms with E-state index in [1.54, 1.807) is 0 Å². The molecule has 180 valence electrons. The van der Waals surface area contributed by atoms with Crippen molar-refractivity contribution in [3.63, 3.8) is 0 Å². The first-order chi connectivity index (χ1) is 16.2. The van der Waals surface area contributed by atoms with Gasteiger partial charge in [-0.1, -0.05) is 48.5 Å². The van der Waals surface area contributed by atoms with Gasteiger partial charge in [-0.15, -0.1) is 12.4 Å². The average molecular weight is 481 g/mol. The van der Waals surface area contributed by atoms with Gasteiger partial charge in [0.15, 0.2) is 0 Å². The predicted molar refractivity (Wildman–Crippen MR) is 141 cm³/mol. The van der Waals surface area contributed by atoms with Crippen molar-refractivity contribution >= 4 is 35.0 Å². The third-order valence-electron chi connectivity index (χ3n) is 6.08. The highest BCUT2D eigenvalue weighted by Gasteiger charge is 2.32. The van der Waals surface area contributed by atoms with Crippen LogP contribution in [0.5, 0.6) is 0 Å². The number of carbonyl (C=O) groups is 2. The Morgan fingerprint density at radius 2 is 1.29 bits per heavy atom. The summed E-state index contributed by atoms with van der Waals surface area (Å²) in [5.41, 5.74) is 8.80. The van der Waals surface area contributed by atoms with Crippen LogP contribution in [-0.2, 0) is 0 Å². The Labute approximate surface area is 207 Å². The fourth-order valence-electron chi connectivity index (χ4n) is 4.40. The van der Waals surface area contributed by atoms with E-state index in [1.807, 2.05) is 60.7 Å². The minimum Gasteiger partial charge on any atom is -0.330 e. The number of nitrogens with two attached hydrogens (primary N) is 1. The topological polar surface area (TPSA) is 87.5 Å². The first-order valence-electron chi connectivity index (χ1n) is 11.8. The highest BCUT2D eigenvalue weighted by Crippen LogP contribution is 2.36. The van der Waals surface area contributed by atoms with Gasteiger partial charge in [0.2, 0.25) is 0 Å². The van der Waals surface area contributed by atoms with Crippen molar-refractivity contribution in [2.45, 2.75) is 19.3 Å². The Bertz CT molecular complexity index is 1100. The number of rotatable bonds is 12. The van der Waals surface area contributed by atoms with Crippen LogP contribution >= 0.6 is 12.4 Å². The van der Waals surface area contributed by atoms with E-state index >= 15 is 0 Å². The van der Waals surface area contributed by atoms with Crippen LogP contribution in [0, 0.1) is 0 Å². The lowest BCUT2D eigenvalue weighted by atomic mass is 9.89. The van der Waals surface area contributed by atoms with Crippen molar-refractivity contribution in [1.29, 1.82) is 0 Å². The van der Waals surface area contributed by atoms with Gasteiger partial charge in [0.25, 0.3) is 11.8 Å². The zero-order chi connectivity index (χ0) is 23.0. The molecule has 2 amide bonds. The van der Waals surface area contributed by atoms with E-state index in [0.717, 1.165) is 67.3 Å². The number of hydrogen-bond acceptors (Lipinski definition) is 5.